The van der Waals surface area contributed by atoms with Crippen LogP contribution >= 0.6 is 0 Å². The summed E-state index contributed by atoms with van der Waals surface area (Å²) in [5.74, 6) is 0.159. The standard InChI is InChI=1S/C19H20N2O/c1-21(2)18(12-14-8-4-3-5-9-14)19(22)16-13-20-17-11-7-6-10-15(16)17/h3-11,13,18,20H,12H2,1-2H3/t18-/m1/s1. The van der Waals surface area contributed by atoms with Crippen molar-refractivity contribution in [2.45, 2.75) is 12.5 Å². The molecule has 0 unspecified atom stereocenters. The molecule has 3 nitrogen and oxygen atoms in total. The Labute approximate surface area is 130 Å². The fraction of sp³-hybridized carbons (Fsp3) is 0.211. The zero-order valence-electron chi connectivity index (χ0n) is 12.9. The topological polar surface area (TPSA) is 36.1 Å². The van der Waals surface area contributed by atoms with Crippen molar-refractivity contribution in [2.24, 2.45) is 0 Å². The van der Waals surface area contributed by atoms with E-state index in [0.717, 1.165) is 16.5 Å². The largest absolute Gasteiger partial charge is 0.360 e. The van der Waals surface area contributed by atoms with E-state index in [1.54, 1.807) is 0 Å². The Balaban J connectivity index is 1.93. The molecule has 22 heavy (non-hydrogen) atoms. The molecule has 0 spiro atoms. The number of nitrogens with one attached hydrogen (secondary N) is 1. The van der Waals surface area contributed by atoms with E-state index in [1.807, 2.05) is 67.7 Å². The number of aromatic nitrogens is 1. The lowest BCUT2D eigenvalue weighted by Gasteiger charge is -2.23. The van der Waals surface area contributed by atoms with Crippen LogP contribution in [-0.4, -0.2) is 35.8 Å². The van der Waals surface area contributed by atoms with E-state index < -0.39 is 0 Å². The maximum atomic E-state index is 13.0. The first-order valence-corrected chi connectivity index (χ1v) is 7.47. The maximum absolute atomic E-state index is 13.0. The Morgan fingerprint density at radius 2 is 1.73 bits per heavy atom. The summed E-state index contributed by atoms with van der Waals surface area (Å²) in [7, 11) is 3.92. The average Bonchev–Trinajstić information content (AvgIpc) is 2.97. The molecule has 0 amide bonds. The predicted octanol–water partition coefficient (Wildman–Crippen LogP) is 3.52. The lowest BCUT2D eigenvalue weighted by atomic mass is 9.96. The molecule has 112 valence electrons. The highest BCUT2D eigenvalue weighted by Crippen LogP contribution is 2.21. The van der Waals surface area contributed by atoms with Crippen molar-refractivity contribution in [3.8, 4) is 0 Å². The summed E-state index contributed by atoms with van der Waals surface area (Å²) in [4.78, 5) is 18.2. The Morgan fingerprint density at radius 1 is 1.05 bits per heavy atom. The fourth-order valence-electron chi connectivity index (χ4n) is 2.80. The molecule has 3 rings (SSSR count). The van der Waals surface area contributed by atoms with Gasteiger partial charge in [-0.3, -0.25) is 9.69 Å². The first-order valence-electron chi connectivity index (χ1n) is 7.47. The molecule has 0 fully saturated rings. The number of likely N-dealkylation sites (N-methyl/N-ethyl adjacent to an activating group) is 1. The summed E-state index contributed by atoms with van der Waals surface area (Å²) in [5.41, 5.74) is 2.95. The molecule has 1 atom stereocenters. The minimum atomic E-state index is -0.165. The van der Waals surface area contributed by atoms with E-state index in [-0.39, 0.29) is 11.8 Å². The van der Waals surface area contributed by atoms with Crippen LogP contribution in [0, 0.1) is 0 Å². The third kappa shape index (κ3) is 2.81. The number of rotatable bonds is 5. The van der Waals surface area contributed by atoms with Crippen molar-refractivity contribution < 1.29 is 4.79 Å². The molecular weight excluding hydrogens is 272 g/mol. The molecule has 0 saturated heterocycles. The molecule has 1 N–H and O–H groups in total. The lowest BCUT2D eigenvalue weighted by molar-refractivity contribution is 0.0877. The number of carbonyl (C=O) groups excluding carboxylic acids is 1. The van der Waals surface area contributed by atoms with Gasteiger partial charge >= 0.3 is 0 Å². The van der Waals surface area contributed by atoms with Gasteiger partial charge in [0.05, 0.1) is 6.04 Å². The number of ketones is 1. The van der Waals surface area contributed by atoms with E-state index in [2.05, 4.69) is 17.1 Å². The molecule has 0 aliphatic rings. The van der Waals surface area contributed by atoms with Crippen LogP contribution in [0.25, 0.3) is 10.9 Å². The number of hydrogen-bond acceptors (Lipinski definition) is 2. The maximum Gasteiger partial charge on any atom is 0.182 e. The smallest absolute Gasteiger partial charge is 0.182 e. The van der Waals surface area contributed by atoms with Gasteiger partial charge in [-0.15, -0.1) is 0 Å². The first kappa shape index (κ1) is 14.5. The number of Topliss-reactive ketones (excluding diaryl/α,β-unsaturated/α-hetero) is 1. The first-order chi connectivity index (χ1) is 10.7. The number of fused-ring (bicyclic) bond motifs is 1. The van der Waals surface area contributed by atoms with Gasteiger partial charge in [-0.25, -0.2) is 0 Å². The van der Waals surface area contributed by atoms with Crippen molar-refractivity contribution in [1.82, 2.24) is 9.88 Å². The monoisotopic (exact) mass is 292 g/mol. The fourth-order valence-corrected chi connectivity index (χ4v) is 2.80. The number of aromatic amines is 1. The van der Waals surface area contributed by atoms with E-state index in [1.165, 1.54) is 5.56 Å². The second-order valence-corrected chi connectivity index (χ2v) is 5.78. The summed E-state index contributed by atoms with van der Waals surface area (Å²) >= 11 is 0. The number of benzene rings is 2. The molecule has 0 bridgehead atoms. The van der Waals surface area contributed by atoms with Crippen LogP contribution in [0.15, 0.2) is 60.8 Å². The van der Waals surface area contributed by atoms with Gasteiger partial charge in [0.15, 0.2) is 5.78 Å². The van der Waals surface area contributed by atoms with Crippen LogP contribution in [0.2, 0.25) is 0 Å². The van der Waals surface area contributed by atoms with Gasteiger partial charge in [0.25, 0.3) is 0 Å². The highest BCUT2D eigenvalue weighted by Gasteiger charge is 2.24. The minimum absolute atomic E-state index is 0.159. The Kier molecular flexibility index (Phi) is 4.07. The zero-order chi connectivity index (χ0) is 15.5. The Bertz CT molecular complexity index is 774. The van der Waals surface area contributed by atoms with Crippen molar-refractivity contribution >= 4 is 16.7 Å². The van der Waals surface area contributed by atoms with Gasteiger partial charge in [-0.1, -0.05) is 48.5 Å². The third-order valence-electron chi connectivity index (χ3n) is 4.05. The van der Waals surface area contributed by atoms with Gasteiger partial charge in [0.2, 0.25) is 0 Å². The summed E-state index contributed by atoms with van der Waals surface area (Å²) < 4.78 is 0. The van der Waals surface area contributed by atoms with Crippen molar-refractivity contribution in [2.75, 3.05) is 14.1 Å². The zero-order valence-corrected chi connectivity index (χ0v) is 12.9. The van der Waals surface area contributed by atoms with E-state index >= 15 is 0 Å². The Hall–Kier alpha value is -2.39. The third-order valence-corrected chi connectivity index (χ3v) is 4.05. The summed E-state index contributed by atoms with van der Waals surface area (Å²) in [6.07, 6.45) is 2.54. The molecule has 3 aromatic rings. The molecule has 2 aromatic carbocycles. The van der Waals surface area contributed by atoms with Crippen LogP contribution in [0.1, 0.15) is 15.9 Å². The van der Waals surface area contributed by atoms with Gasteiger partial charge in [0, 0.05) is 22.7 Å². The second kappa shape index (κ2) is 6.16. The molecular formula is C19H20N2O. The highest BCUT2D eigenvalue weighted by molar-refractivity contribution is 6.10. The van der Waals surface area contributed by atoms with Gasteiger partial charge in [-0.2, -0.15) is 0 Å². The van der Waals surface area contributed by atoms with Crippen LogP contribution < -0.4 is 0 Å². The second-order valence-electron chi connectivity index (χ2n) is 5.78. The summed E-state index contributed by atoms with van der Waals surface area (Å²) in [6, 6.07) is 17.9. The molecule has 3 heteroatoms. The van der Waals surface area contributed by atoms with Crippen LogP contribution in [0.4, 0.5) is 0 Å². The minimum Gasteiger partial charge on any atom is -0.360 e. The van der Waals surface area contributed by atoms with Crippen LogP contribution in [0.5, 0.6) is 0 Å². The van der Waals surface area contributed by atoms with Crippen LogP contribution in [-0.2, 0) is 6.42 Å². The quantitative estimate of drug-likeness (QED) is 0.730. The van der Waals surface area contributed by atoms with Crippen molar-refractivity contribution in [1.29, 1.82) is 0 Å². The number of carbonyl (C=O) groups is 1. The predicted molar refractivity (Wildman–Crippen MR) is 90.3 cm³/mol. The van der Waals surface area contributed by atoms with Gasteiger partial charge in [0.1, 0.15) is 0 Å². The SMILES string of the molecule is CN(C)[C@H](Cc1ccccc1)C(=O)c1c[nH]c2ccccc12. The molecule has 0 aliphatic heterocycles. The van der Waals surface area contributed by atoms with E-state index in [0.29, 0.717) is 6.42 Å². The van der Waals surface area contributed by atoms with E-state index in [9.17, 15) is 4.79 Å². The summed E-state index contributed by atoms with van der Waals surface area (Å²) in [6.45, 7) is 0. The average molecular weight is 292 g/mol. The lowest BCUT2D eigenvalue weighted by Crippen LogP contribution is -2.37. The molecule has 0 radical (unpaired) electrons. The van der Waals surface area contributed by atoms with Crippen molar-refractivity contribution in [3.05, 3.63) is 71.9 Å². The summed E-state index contributed by atoms with van der Waals surface area (Å²) in [5, 5.41) is 0.993. The molecule has 0 saturated carbocycles. The molecule has 1 heterocycles. The normalized spacial score (nSPS) is 12.7. The number of hydrogen-bond donors (Lipinski definition) is 1. The van der Waals surface area contributed by atoms with Gasteiger partial charge in [-0.05, 0) is 32.1 Å². The van der Waals surface area contributed by atoms with Gasteiger partial charge < -0.3 is 4.98 Å². The molecule has 1 aromatic heterocycles. The highest BCUT2D eigenvalue weighted by atomic mass is 16.1. The number of nitrogens with zero attached hydrogens (tertiary/aromatic N) is 1. The van der Waals surface area contributed by atoms with Crippen LogP contribution in [0.3, 0.4) is 0 Å². The Morgan fingerprint density at radius 3 is 2.45 bits per heavy atom. The van der Waals surface area contributed by atoms with Crippen molar-refractivity contribution in [3.63, 3.8) is 0 Å². The number of para-hydroxylation sites is 1. The van der Waals surface area contributed by atoms with E-state index in [4.69, 9.17) is 0 Å². The number of H-pyrrole nitrogens is 1. The molecule has 0 aliphatic carbocycles.